The fraction of sp³-hybridized carbons (Fsp3) is 0.333. The predicted molar refractivity (Wildman–Crippen MR) is 81.9 cm³/mol. The van der Waals surface area contributed by atoms with E-state index in [0.29, 0.717) is 0 Å². The Morgan fingerprint density at radius 1 is 1.10 bits per heavy atom. The van der Waals surface area contributed by atoms with Gasteiger partial charge in [-0.2, -0.15) is 0 Å². The maximum absolute atomic E-state index is 6.31. The molecule has 2 aromatic carbocycles. The van der Waals surface area contributed by atoms with Crippen LogP contribution in [0.2, 0.25) is 0 Å². The molecule has 3 rings (SSSR count). The first-order chi connectivity index (χ1) is 9.83. The molecule has 0 spiro atoms. The highest BCUT2D eigenvalue weighted by Gasteiger charge is 2.14. The number of ether oxygens (including phenoxy) is 1. The van der Waals surface area contributed by atoms with Crippen LogP contribution in [0.1, 0.15) is 35.6 Å². The maximum Gasteiger partial charge on any atom is 0.122 e. The summed E-state index contributed by atoms with van der Waals surface area (Å²) in [6.07, 6.45) is 4.26. The van der Waals surface area contributed by atoms with Gasteiger partial charge in [-0.05, 0) is 42.0 Å². The highest BCUT2D eigenvalue weighted by atomic mass is 16.5. The molecule has 2 heteroatoms. The molecule has 1 aliphatic heterocycles. The topological polar surface area (TPSA) is 35.2 Å². The van der Waals surface area contributed by atoms with Gasteiger partial charge in [0.05, 0.1) is 6.61 Å². The van der Waals surface area contributed by atoms with Gasteiger partial charge >= 0.3 is 0 Å². The number of nitrogens with two attached hydrogens (primary N) is 1. The number of hydrogen-bond donors (Lipinski definition) is 1. The number of fused-ring (bicyclic) bond motifs is 1. The third-order valence-electron chi connectivity index (χ3n) is 3.97. The largest absolute Gasteiger partial charge is 0.493 e. The van der Waals surface area contributed by atoms with Crippen LogP contribution < -0.4 is 10.5 Å². The van der Waals surface area contributed by atoms with Gasteiger partial charge < -0.3 is 10.5 Å². The Balaban J connectivity index is 1.55. The van der Waals surface area contributed by atoms with E-state index in [1.54, 1.807) is 0 Å². The molecular weight excluding hydrogens is 246 g/mol. The van der Waals surface area contributed by atoms with Gasteiger partial charge in [-0.3, -0.25) is 0 Å². The lowest BCUT2D eigenvalue weighted by molar-refractivity contribution is 0.357. The fourth-order valence-electron chi connectivity index (χ4n) is 2.77. The molecule has 2 N–H and O–H groups in total. The van der Waals surface area contributed by atoms with Gasteiger partial charge in [0.15, 0.2) is 0 Å². The van der Waals surface area contributed by atoms with E-state index in [1.165, 1.54) is 16.7 Å². The van der Waals surface area contributed by atoms with Crippen molar-refractivity contribution in [3.63, 3.8) is 0 Å². The molecule has 0 radical (unpaired) electrons. The Hall–Kier alpha value is -1.80. The smallest absolute Gasteiger partial charge is 0.122 e. The second-order valence-corrected chi connectivity index (χ2v) is 5.45. The minimum absolute atomic E-state index is 0.129. The number of rotatable bonds is 5. The van der Waals surface area contributed by atoms with Crippen molar-refractivity contribution in [2.24, 2.45) is 5.73 Å². The van der Waals surface area contributed by atoms with E-state index in [2.05, 4.69) is 48.5 Å². The minimum Gasteiger partial charge on any atom is -0.493 e. The quantitative estimate of drug-likeness (QED) is 0.897. The molecule has 0 unspecified atom stereocenters. The lowest BCUT2D eigenvalue weighted by Gasteiger charge is -2.13. The first-order valence-electron chi connectivity index (χ1n) is 7.38. The second kappa shape index (κ2) is 6.10. The van der Waals surface area contributed by atoms with Gasteiger partial charge in [0.25, 0.3) is 0 Å². The molecule has 0 saturated carbocycles. The van der Waals surface area contributed by atoms with Crippen molar-refractivity contribution in [3.05, 3.63) is 65.2 Å². The summed E-state index contributed by atoms with van der Waals surface area (Å²) in [4.78, 5) is 0. The van der Waals surface area contributed by atoms with E-state index in [-0.39, 0.29) is 6.04 Å². The zero-order valence-electron chi connectivity index (χ0n) is 11.7. The number of benzene rings is 2. The zero-order valence-corrected chi connectivity index (χ0v) is 11.7. The van der Waals surface area contributed by atoms with Crippen molar-refractivity contribution in [3.8, 4) is 5.75 Å². The second-order valence-electron chi connectivity index (χ2n) is 5.45. The molecule has 0 aliphatic carbocycles. The van der Waals surface area contributed by atoms with E-state index in [0.717, 1.165) is 38.0 Å². The first-order valence-corrected chi connectivity index (χ1v) is 7.38. The van der Waals surface area contributed by atoms with Crippen LogP contribution in [0.25, 0.3) is 0 Å². The third-order valence-corrected chi connectivity index (χ3v) is 3.97. The molecule has 0 bridgehead atoms. The van der Waals surface area contributed by atoms with Crippen LogP contribution in [-0.2, 0) is 12.8 Å². The van der Waals surface area contributed by atoms with E-state index >= 15 is 0 Å². The van der Waals surface area contributed by atoms with Crippen molar-refractivity contribution >= 4 is 0 Å². The monoisotopic (exact) mass is 267 g/mol. The summed E-state index contributed by atoms with van der Waals surface area (Å²) in [5, 5.41) is 0. The molecule has 2 nitrogen and oxygen atoms in total. The zero-order chi connectivity index (χ0) is 13.8. The Morgan fingerprint density at radius 3 is 2.80 bits per heavy atom. The lowest BCUT2D eigenvalue weighted by atomic mass is 9.98. The third kappa shape index (κ3) is 3.02. The van der Waals surface area contributed by atoms with Crippen LogP contribution in [0, 0.1) is 0 Å². The summed E-state index contributed by atoms with van der Waals surface area (Å²) in [6, 6.07) is 17.1. The van der Waals surface area contributed by atoms with Crippen LogP contribution in [0.3, 0.4) is 0 Å². The van der Waals surface area contributed by atoms with Crippen LogP contribution in [-0.4, -0.2) is 6.61 Å². The lowest BCUT2D eigenvalue weighted by Crippen LogP contribution is -2.10. The van der Waals surface area contributed by atoms with Crippen LogP contribution >= 0.6 is 0 Å². The molecule has 0 amide bonds. The SMILES string of the molecule is N[C@H](CCCc1ccccc1)c1ccc2c(c1)CCO2. The van der Waals surface area contributed by atoms with Crippen molar-refractivity contribution in [2.75, 3.05) is 6.61 Å². The minimum atomic E-state index is 0.129. The van der Waals surface area contributed by atoms with Crippen molar-refractivity contribution in [1.82, 2.24) is 0 Å². The highest BCUT2D eigenvalue weighted by molar-refractivity contribution is 5.40. The molecule has 0 saturated heterocycles. The van der Waals surface area contributed by atoms with Crippen LogP contribution in [0.4, 0.5) is 0 Å². The fourth-order valence-corrected chi connectivity index (χ4v) is 2.77. The first kappa shape index (κ1) is 13.2. The molecule has 1 aliphatic rings. The molecule has 0 aromatic heterocycles. The summed E-state index contributed by atoms with van der Waals surface area (Å²) in [7, 11) is 0. The summed E-state index contributed by atoms with van der Waals surface area (Å²) in [5.41, 5.74) is 10.2. The van der Waals surface area contributed by atoms with Gasteiger partial charge in [0, 0.05) is 12.5 Å². The number of hydrogen-bond acceptors (Lipinski definition) is 2. The van der Waals surface area contributed by atoms with E-state index in [4.69, 9.17) is 10.5 Å². The van der Waals surface area contributed by atoms with Gasteiger partial charge in [-0.25, -0.2) is 0 Å². The van der Waals surface area contributed by atoms with E-state index in [1.807, 2.05) is 0 Å². The molecule has 2 aromatic rings. The average molecular weight is 267 g/mol. The van der Waals surface area contributed by atoms with Crippen LogP contribution in [0.5, 0.6) is 5.75 Å². The van der Waals surface area contributed by atoms with Gasteiger partial charge in [0.1, 0.15) is 5.75 Å². The molecule has 104 valence electrons. The van der Waals surface area contributed by atoms with Gasteiger partial charge in [-0.15, -0.1) is 0 Å². The molecule has 1 atom stereocenters. The standard InChI is InChI=1S/C18H21NO/c19-17(8-4-7-14-5-2-1-3-6-14)15-9-10-18-16(13-15)11-12-20-18/h1-3,5-6,9-10,13,17H,4,7-8,11-12,19H2/t17-/m1/s1. The van der Waals surface area contributed by atoms with E-state index < -0.39 is 0 Å². The molecular formula is C18H21NO. The van der Waals surface area contributed by atoms with Crippen molar-refractivity contribution < 1.29 is 4.74 Å². The van der Waals surface area contributed by atoms with Crippen molar-refractivity contribution in [2.45, 2.75) is 31.7 Å². The summed E-state index contributed by atoms with van der Waals surface area (Å²) in [5.74, 6) is 1.03. The van der Waals surface area contributed by atoms with E-state index in [9.17, 15) is 0 Å². The molecule has 0 fully saturated rings. The predicted octanol–water partition coefficient (Wildman–Crippen LogP) is 3.64. The molecule has 20 heavy (non-hydrogen) atoms. The van der Waals surface area contributed by atoms with Crippen molar-refractivity contribution in [1.29, 1.82) is 0 Å². The van der Waals surface area contributed by atoms with Gasteiger partial charge in [-0.1, -0.05) is 42.5 Å². The number of aryl methyl sites for hydroxylation is 1. The van der Waals surface area contributed by atoms with Gasteiger partial charge in [0.2, 0.25) is 0 Å². The Kier molecular flexibility index (Phi) is 4.03. The highest BCUT2D eigenvalue weighted by Crippen LogP contribution is 2.28. The molecule has 1 heterocycles. The normalized spacial score (nSPS) is 14.7. The Labute approximate surface area is 120 Å². The van der Waals surface area contributed by atoms with Crippen LogP contribution in [0.15, 0.2) is 48.5 Å². The summed E-state index contributed by atoms with van der Waals surface area (Å²) in [6.45, 7) is 0.808. The maximum atomic E-state index is 6.31. The Bertz CT molecular complexity index is 565. The average Bonchev–Trinajstić information content (AvgIpc) is 2.95. The summed E-state index contributed by atoms with van der Waals surface area (Å²) < 4.78 is 5.53. The Morgan fingerprint density at radius 2 is 1.95 bits per heavy atom. The summed E-state index contributed by atoms with van der Waals surface area (Å²) >= 11 is 0.